The van der Waals surface area contributed by atoms with Crippen LogP contribution in [0.4, 0.5) is 5.69 Å². The number of aryl methyl sites for hydroxylation is 1. The smallest absolute Gasteiger partial charge is 0.363 e. The highest BCUT2D eigenvalue weighted by atomic mass is 35.5. The molecule has 33 heavy (non-hydrogen) atoms. The molecule has 0 amide bonds. The van der Waals surface area contributed by atoms with Gasteiger partial charge in [0.25, 0.3) is 5.69 Å². The first-order valence-corrected chi connectivity index (χ1v) is 10.5. The summed E-state index contributed by atoms with van der Waals surface area (Å²) in [6, 6.07) is 16.9. The third-order valence-corrected chi connectivity index (χ3v) is 5.56. The van der Waals surface area contributed by atoms with E-state index in [0.717, 1.165) is 5.56 Å². The third kappa shape index (κ3) is 5.22. The van der Waals surface area contributed by atoms with Crippen molar-refractivity contribution in [2.45, 2.75) is 13.5 Å². The summed E-state index contributed by atoms with van der Waals surface area (Å²) >= 11 is 12.0. The van der Waals surface area contributed by atoms with Gasteiger partial charge < -0.3 is 9.47 Å². The van der Waals surface area contributed by atoms with Crippen molar-refractivity contribution in [3.05, 3.63) is 109 Å². The van der Waals surface area contributed by atoms with Gasteiger partial charge in [0.1, 0.15) is 12.4 Å². The predicted octanol–water partition coefficient (Wildman–Crippen LogP) is 6.13. The lowest BCUT2D eigenvalue weighted by Crippen LogP contribution is -2.06. The van der Waals surface area contributed by atoms with Gasteiger partial charge >= 0.3 is 5.97 Å². The van der Waals surface area contributed by atoms with Crippen molar-refractivity contribution in [2.75, 3.05) is 0 Å². The topological polar surface area (TPSA) is 91.0 Å². The Bertz CT molecular complexity index is 1330. The standard InChI is InChI=1S/C24H16Cl2N2O5/c1-14-5-7-17(12-22(14)28(30)31)23-27-21(24(29)33-23)11-15-3-2-4-18(9-15)32-13-16-6-8-19(25)20(26)10-16/h2-12H,13H2,1H3/b21-11-. The maximum absolute atomic E-state index is 12.3. The van der Waals surface area contributed by atoms with Crippen LogP contribution in [0.3, 0.4) is 0 Å². The molecule has 0 aromatic heterocycles. The summed E-state index contributed by atoms with van der Waals surface area (Å²) in [6.07, 6.45) is 1.56. The number of carbonyl (C=O) groups excluding carboxylic acids is 1. The maximum atomic E-state index is 12.3. The third-order valence-electron chi connectivity index (χ3n) is 4.82. The molecule has 4 rings (SSSR count). The fourth-order valence-electron chi connectivity index (χ4n) is 3.12. The second-order valence-electron chi connectivity index (χ2n) is 7.20. The minimum Gasteiger partial charge on any atom is -0.489 e. The minimum absolute atomic E-state index is 0.0152. The van der Waals surface area contributed by atoms with Crippen molar-refractivity contribution in [2.24, 2.45) is 4.99 Å². The van der Waals surface area contributed by atoms with E-state index in [2.05, 4.69) is 4.99 Å². The van der Waals surface area contributed by atoms with E-state index < -0.39 is 10.9 Å². The van der Waals surface area contributed by atoms with Gasteiger partial charge in [-0.05, 0) is 54.5 Å². The number of nitro groups is 1. The van der Waals surface area contributed by atoms with Gasteiger partial charge in [0.2, 0.25) is 5.90 Å². The zero-order valence-corrected chi connectivity index (χ0v) is 18.8. The number of esters is 1. The van der Waals surface area contributed by atoms with Crippen LogP contribution in [0.1, 0.15) is 22.3 Å². The van der Waals surface area contributed by atoms with E-state index in [1.807, 2.05) is 6.07 Å². The number of cyclic esters (lactones) is 1. The van der Waals surface area contributed by atoms with Crippen LogP contribution in [0.25, 0.3) is 6.08 Å². The van der Waals surface area contributed by atoms with Gasteiger partial charge in [0.05, 0.1) is 15.0 Å². The van der Waals surface area contributed by atoms with Gasteiger partial charge in [-0.25, -0.2) is 9.79 Å². The van der Waals surface area contributed by atoms with Crippen molar-refractivity contribution >= 4 is 46.8 Å². The zero-order chi connectivity index (χ0) is 23.5. The number of hydrogen-bond acceptors (Lipinski definition) is 6. The molecule has 3 aromatic rings. The number of ether oxygens (including phenoxy) is 2. The van der Waals surface area contributed by atoms with E-state index >= 15 is 0 Å². The first kappa shape index (κ1) is 22.5. The van der Waals surface area contributed by atoms with E-state index in [1.54, 1.807) is 61.5 Å². The second-order valence-corrected chi connectivity index (χ2v) is 8.02. The van der Waals surface area contributed by atoms with E-state index in [1.165, 1.54) is 6.07 Å². The highest BCUT2D eigenvalue weighted by Crippen LogP contribution is 2.26. The number of benzene rings is 3. The Hall–Kier alpha value is -3.68. The molecule has 9 heteroatoms. The number of halogens is 2. The molecular weight excluding hydrogens is 467 g/mol. The highest BCUT2D eigenvalue weighted by Gasteiger charge is 2.26. The van der Waals surface area contributed by atoms with E-state index in [4.69, 9.17) is 32.7 Å². The average molecular weight is 483 g/mol. The Kier molecular flexibility index (Phi) is 6.44. The molecule has 0 saturated heterocycles. The Labute approximate surface area is 199 Å². The van der Waals surface area contributed by atoms with Crippen molar-refractivity contribution < 1.29 is 19.2 Å². The predicted molar refractivity (Wildman–Crippen MR) is 126 cm³/mol. The van der Waals surface area contributed by atoms with Crippen LogP contribution in [-0.4, -0.2) is 16.8 Å². The molecular formula is C24H16Cl2N2O5. The van der Waals surface area contributed by atoms with Crippen LogP contribution in [0.15, 0.2) is 71.4 Å². The molecule has 3 aromatic carbocycles. The van der Waals surface area contributed by atoms with Gasteiger partial charge in [0, 0.05) is 17.2 Å². The largest absolute Gasteiger partial charge is 0.489 e. The molecule has 0 fully saturated rings. The fourth-order valence-corrected chi connectivity index (χ4v) is 3.44. The number of nitro benzene ring substituents is 1. The summed E-state index contributed by atoms with van der Waals surface area (Å²) < 4.78 is 11.0. The number of aliphatic imine (C=N–C) groups is 1. The molecule has 0 atom stereocenters. The van der Waals surface area contributed by atoms with Gasteiger partial charge in [-0.3, -0.25) is 10.1 Å². The van der Waals surface area contributed by atoms with E-state index in [0.29, 0.717) is 32.5 Å². The number of hydrogen-bond donors (Lipinski definition) is 0. The summed E-state index contributed by atoms with van der Waals surface area (Å²) in [5.74, 6) is -0.0446. The first-order chi connectivity index (χ1) is 15.8. The summed E-state index contributed by atoms with van der Waals surface area (Å²) in [5, 5.41) is 12.1. The molecule has 0 aliphatic carbocycles. The Morgan fingerprint density at radius 3 is 2.67 bits per heavy atom. The summed E-state index contributed by atoms with van der Waals surface area (Å²) in [7, 11) is 0. The molecule has 0 unspecified atom stereocenters. The Balaban J connectivity index is 1.53. The van der Waals surface area contributed by atoms with Gasteiger partial charge in [0.15, 0.2) is 5.70 Å². The van der Waals surface area contributed by atoms with Gasteiger partial charge in [-0.2, -0.15) is 0 Å². The molecule has 0 radical (unpaired) electrons. The summed E-state index contributed by atoms with van der Waals surface area (Å²) in [6.45, 7) is 1.92. The van der Waals surface area contributed by atoms with Crippen LogP contribution < -0.4 is 4.74 Å². The quantitative estimate of drug-likeness (QED) is 0.182. The van der Waals surface area contributed by atoms with Crippen molar-refractivity contribution in [3.63, 3.8) is 0 Å². The van der Waals surface area contributed by atoms with Gasteiger partial charge in [-0.1, -0.05) is 47.5 Å². The number of nitrogens with zero attached hydrogens (tertiary/aromatic N) is 2. The Morgan fingerprint density at radius 2 is 1.91 bits per heavy atom. The minimum atomic E-state index is -0.643. The van der Waals surface area contributed by atoms with Crippen LogP contribution in [0.5, 0.6) is 5.75 Å². The van der Waals surface area contributed by atoms with Crippen molar-refractivity contribution in [1.82, 2.24) is 0 Å². The number of carbonyl (C=O) groups is 1. The van der Waals surface area contributed by atoms with Crippen molar-refractivity contribution in [1.29, 1.82) is 0 Å². The molecule has 1 heterocycles. The van der Waals surface area contributed by atoms with E-state index in [9.17, 15) is 14.9 Å². The highest BCUT2D eigenvalue weighted by molar-refractivity contribution is 6.42. The van der Waals surface area contributed by atoms with Crippen LogP contribution >= 0.6 is 23.2 Å². The van der Waals surface area contributed by atoms with E-state index in [-0.39, 0.29) is 23.9 Å². The number of rotatable bonds is 6. The SMILES string of the molecule is Cc1ccc(C2=N/C(=C\c3cccc(OCc4ccc(Cl)c(Cl)c4)c3)C(=O)O2)cc1[N+](=O)[O-]. The molecule has 166 valence electrons. The lowest BCUT2D eigenvalue weighted by Gasteiger charge is -2.08. The monoisotopic (exact) mass is 482 g/mol. The lowest BCUT2D eigenvalue weighted by molar-refractivity contribution is -0.385. The molecule has 0 saturated carbocycles. The molecule has 0 spiro atoms. The second kappa shape index (κ2) is 9.44. The summed E-state index contributed by atoms with van der Waals surface area (Å²) in [4.78, 5) is 27.2. The molecule has 0 bridgehead atoms. The zero-order valence-electron chi connectivity index (χ0n) is 17.2. The normalized spacial score (nSPS) is 14.2. The molecule has 1 aliphatic heterocycles. The lowest BCUT2D eigenvalue weighted by atomic mass is 10.1. The van der Waals surface area contributed by atoms with Gasteiger partial charge in [-0.15, -0.1) is 0 Å². The van der Waals surface area contributed by atoms with Crippen LogP contribution in [0, 0.1) is 17.0 Å². The first-order valence-electron chi connectivity index (χ1n) is 9.75. The van der Waals surface area contributed by atoms with Crippen LogP contribution in [0.2, 0.25) is 10.0 Å². The van der Waals surface area contributed by atoms with Crippen molar-refractivity contribution in [3.8, 4) is 5.75 Å². The summed E-state index contributed by atoms with van der Waals surface area (Å²) in [5.41, 5.74) is 2.39. The molecule has 7 nitrogen and oxygen atoms in total. The average Bonchev–Trinajstić information content (AvgIpc) is 3.15. The molecule has 0 N–H and O–H groups in total. The molecule has 1 aliphatic rings. The Morgan fingerprint density at radius 1 is 1.09 bits per heavy atom. The fraction of sp³-hybridized carbons (Fsp3) is 0.0833. The maximum Gasteiger partial charge on any atom is 0.363 e. The van der Waals surface area contributed by atoms with Crippen LogP contribution in [-0.2, 0) is 16.1 Å².